The van der Waals surface area contributed by atoms with E-state index in [9.17, 15) is 55.1 Å². The van der Waals surface area contributed by atoms with Crippen molar-refractivity contribution in [3.05, 3.63) is 69.7 Å². The number of carbonyl (C=O) groups excluding carboxylic acids is 11. The number of fused-ring (bicyclic) bond motifs is 2. The lowest BCUT2D eigenvalue weighted by molar-refractivity contribution is -0.160. The third kappa shape index (κ3) is 19.4. The SMILES string of the molecule is CCO[C@@H]1C[C@H]2C(=O)NC3(CCC3)C(=O)N(C)[C@@H]([C@@H](C)CC)C(=O)N(C)[C@H](C)CC(=O)N(C)[C@@H](CC(C)C)C(=O)N[C@@H]([C@@H](C)CC)C(=O)N(C)[C@@H](C)C(=O)N3CC[C@H]3C(=O)N(CC)[C@@H](Cc3ccc(C(F)(F)F)cc3)C(=O)N(C)CC(=O)N[C@@H](CCc3ccc(C(F)(F)F)c(Cl)c3)C(=O)N2C1. The van der Waals surface area contributed by atoms with Gasteiger partial charge in [0, 0.05) is 86.8 Å². The molecule has 0 aromatic heterocycles. The van der Waals surface area contributed by atoms with Gasteiger partial charge in [-0.1, -0.05) is 84.2 Å². The molecule has 30 heteroatoms. The molecule has 1 spiro atoms. The van der Waals surface area contributed by atoms with Crippen LogP contribution in [0, 0.1) is 17.8 Å². The second-order valence-electron chi connectivity index (χ2n) is 28.2. The highest BCUT2D eigenvalue weighted by Crippen LogP contribution is 2.38. The number of carbonyl (C=O) groups is 11. The summed E-state index contributed by atoms with van der Waals surface area (Å²) in [6.07, 6.45) is -9.86. The summed E-state index contributed by atoms with van der Waals surface area (Å²) in [4.78, 5) is 174. The molecular formula is C71H102ClF6N11O12. The average molecular weight is 1450 g/mol. The Balaban J connectivity index is 1.46. The maximum atomic E-state index is 15.4. The Hall–Kier alpha value is -7.56. The summed E-state index contributed by atoms with van der Waals surface area (Å²) in [5, 5.41) is 7.86. The van der Waals surface area contributed by atoms with Crippen LogP contribution < -0.4 is 16.0 Å². The molecule has 3 N–H and O–H groups in total. The summed E-state index contributed by atoms with van der Waals surface area (Å²) >= 11 is 6.14. The molecule has 2 aromatic rings. The highest BCUT2D eigenvalue weighted by Gasteiger charge is 2.53. The first-order chi connectivity index (χ1) is 47.2. The lowest BCUT2D eigenvalue weighted by atomic mass is 9.74. The molecule has 4 aliphatic rings. The summed E-state index contributed by atoms with van der Waals surface area (Å²) in [6, 6.07) is -4.45. The summed E-state index contributed by atoms with van der Waals surface area (Å²) in [6.45, 7) is 16.1. The second kappa shape index (κ2) is 34.6. The summed E-state index contributed by atoms with van der Waals surface area (Å²) < 4.78 is 89.4. The van der Waals surface area contributed by atoms with Gasteiger partial charge in [0.1, 0.15) is 53.9 Å². The minimum absolute atomic E-state index is 0.0268. The molecule has 3 aliphatic heterocycles. The number of halogens is 7. The van der Waals surface area contributed by atoms with E-state index < -0.39 is 184 Å². The molecule has 101 heavy (non-hydrogen) atoms. The van der Waals surface area contributed by atoms with Gasteiger partial charge in [0.05, 0.1) is 28.8 Å². The van der Waals surface area contributed by atoms with Crippen LogP contribution >= 0.6 is 11.6 Å². The number of nitrogens with one attached hydrogen (secondary N) is 3. The van der Waals surface area contributed by atoms with E-state index in [2.05, 4.69) is 16.0 Å². The Labute approximate surface area is 593 Å². The van der Waals surface area contributed by atoms with Gasteiger partial charge in [0.25, 0.3) is 0 Å². The van der Waals surface area contributed by atoms with Crippen molar-refractivity contribution < 1.29 is 83.8 Å². The quantitative estimate of drug-likeness (QED) is 0.166. The van der Waals surface area contributed by atoms with Gasteiger partial charge in [-0.05, 0) is 126 Å². The first-order valence-electron chi connectivity index (χ1n) is 35.0. The zero-order valence-electron chi connectivity index (χ0n) is 60.7. The normalized spacial score (nSPS) is 26.7. The Morgan fingerprint density at radius 1 is 0.663 bits per heavy atom. The molecule has 4 fully saturated rings. The van der Waals surface area contributed by atoms with Crippen molar-refractivity contribution in [2.24, 2.45) is 17.8 Å². The molecule has 0 radical (unpaired) electrons. The number of ether oxygens (including phenoxy) is 1. The Kier molecular flexibility index (Phi) is 28.2. The zero-order valence-corrected chi connectivity index (χ0v) is 61.4. The van der Waals surface area contributed by atoms with Crippen LogP contribution in [0.1, 0.15) is 156 Å². The molecule has 562 valence electrons. The minimum Gasteiger partial charge on any atom is -0.377 e. The monoisotopic (exact) mass is 1450 g/mol. The van der Waals surface area contributed by atoms with Crippen molar-refractivity contribution >= 4 is 76.6 Å². The Morgan fingerprint density at radius 3 is 1.81 bits per heavy atom. The van der Waals surface area contributed by atoms with Gasteiger partial charge in [-0.3, -0.25) is 52.7 Å². The predicted molar refractivity (Wildman–Crippen MR) is 364 cm³/mol. The number of hydrogen-bond acceptors (Lipinski definition) is 12. The molecule has 0 bridgehead atoms. The van der Waals surface area contributed by atoms with Crippen LogP contribution in [-0.2, 0) is 82.7 Å². The van der Waals surface area contributed by atoms with Crippen LogP contribution in [-0.4, -0.2) is 238 Å². The van der Waals surface area contributed by atoms with Gasteiger partial charge in [-0.2, -0.15) is 26.3 Å². The molecule has 1 saturated carbocycles. The van der Waals surface area contributed by atoms with E-state index in [1.165, 1.54) is 73.6 Å². The third-order valence-electron chi connectivity index (χ3n) is 20.8. The van der Waals surface area contributed by atoms with E-state index in [1.54, 1.807) is 34.6 Å². The van der Waals surface area contributed by atoms with E-state index >= 15 is 24.0 Å². The van der Waals surface area contributed by atoms with Gasteiger partial charge in [0.15, 0.2) is 0 Å². The highest BCUT2D eigenvalue weighted by atomic mass is 35.5. The molecule has 1 aliphatic carbocycles. The summed E-state index contributed by atoms with van der Waals surface area (Å²) in [5.74, 6) is -9.09. The molecular weight excluding hydrogens is 1350 g/mol. The number of aryl methyl sites for hydroxylation is 1. The molecule has 0 unspecified atom stereocenters. The minimum atomic E-state index is -4.82. The Bertz CT molecular complexity index is 3340. The van der Waals surface area contributed by atoms with Crippen LogP contribution in [0.5, 0.6) is 0 Å². The molecule has 3 saturated heterocycles. The maximum Gasteiger partial charge on any atom is 0.417 e. The fourth-order valence-corrected chi connectivity index (χ4v) is 14.0. The molecule has 3 heterocycles. The summed E-state index contributed by atoms with van der Waals surface area (Å²) in [7, 11) is 7.00. The number of likely N-dealkylation sites (N-methyl/N-ethyl adjacent to an activating group) is 6. The van der Waals surface area contributed by atoms with Crippen molar-refractivity contribution in [3.63, 3.8) is 0 Å². The smallest absolute Gasteiger partial charge is 0.377 e. The first-order valence-corrected chi connectivity index (χ1v) is 35.3. The number of rotatable bonds is 14. The molecule has 12 atom stereocenters. The van der Waals surface area contributed by atoms with Crippen LogP contribution in [0.25, 0.3) is 0 Å². The summed E-state index contributed by atoms with van der Waals surface area (Å²) in [5.41, 5.74) is -3.33. The molecule has 6 rings (SSSR count). The lowest BCUT2D eigenvalue weighted by Gasteiger charge is -2.46. The van der Waals surface area contributed by atoms with Gasteiger partial charge in [-0.25, -0.2) is 0 Å². The number of hydrogen-bond donors (Lipinski definition) is 3. The van der Waals surface area contributed by atoms with E-state index in [4.69, 9.17) is 16.3 Å². The van der Waals surface area contributed by atoms with Gasteiger partial charge in [-0.15, -0.1) is 0 Å². The van der Waals surface area contributed by atoms with Gasteiger partial charge in [0.2, 0.25) is 65.0 Å². The number of amides is 11. The van der Waals surface area contributed by atoms with Crippen molar-refractivity contribution in [2.45, 2.75) is 225 Å². The zero-order chi connectivity index (χ0) is 75.7. The first kappa shape index (κ1) is 82.4. The van der Waals surface area contributed by atoms with Crippen molar-refractivity contribution in [1.82, 2.24) is 55.1 Å². The standard InChI is InChI=1S/C71H102ClF6N11O12/c1-16-41(7)58-66(98)84(13)44(10)62(94)88-32-29-52(88)65(97)87(18-3)55(36-46-21-25-47(26-22-46)70(73,74)75)64(96)82(11)39-56(90)79-51(28-24-45-23-27-49(50(72)35-45)71(76,77)78)63(95)89-38-48(101-19-4)37-54(89)61(93)81-69(30-20-31-69)68(100)86(15)59(42(8)17-2)67(99)83(12)43(9)34-57(91)85(14)53(33-40(5)6)60(92)80-58/h21-23,25-27,35,40-44,48,51-55,58-59H,16-20,24,28-34,36-39H2,1-15H3,(H,79,90)(H,80,92)(H,81,93)/t41-,42-,43+,44-,48+,51-,52-,53-,54-,55-,58-,59-/m0/s1. The van der Waals surface area contributed by atoms with Crippen LogP contribution in [0.4, 0.5) is 26.3 Å². The maximum absolute atomic E-state index is 15.4. The molecule has 23 nitrogen and oxygen atoms in total. The third-order valence-corrected chi connectivity index (χ3v) is 21.1. The Morgan fingerprint density at radius 2 is 1.29 bits per heavy atom. The molecule has 2 aromatic carbocycles. The van der Waals surface area contributed by atoms with Crippen molar-refractivity contribution in [2.75, 3.05) is 68.0 Å². The second-order valence-corrected chi connectivity index (χ2v) is 28.6. The fraction of sp³-hybridized carbons (Fsp3) is 0.676. The van der Waals surface area contributed by atoms with E-state index in [-0.39, 0.29) is 94.7 Å². The van der Waals surface area contributed by atoms with Gasteiger partial charge >= 0.3 is 12.4 Å². The van der Waals surface area contributed by atoms with E-state index in [0.717, 1.165) is 57.2 Å². The number of nitrogens with zero attached hydrogens (tertiary/aromatic N) is 8. The topological polar surface area (TPSA) is 259 Å². The van der Waals surface area contributed by atoms with Crippen LogP contribution in [0.15, 0.2) is 42.5 Å². The lowest BCUT2D eigenvalue weighted by Crippen LogP contribution is -2.68. The van der Waals surface area contributed by atoms with Gasteiger partial charge < -0.3 is 59.9 Å². The van der Waals surface area contributed by atoms with Crippen molar-refractivity contribution in [1.29, 1.82) is 0 Å². The number of alkyl halides is 6. The van der Waals surface area contributed by atoms with E-state index in [1.807, 2.05) is 20.8 Å². The largest absolute Gasteiger partial charge is 0.417 e. The number of benzene rings is 2. The highest BCUT2D eigenvalue weighted by molar-refractivity contribution is 6.31. The molecule has 11 amide bonds. The van der Waals surface area contributed by atoms with E-state index in [0.29, 0.717) is 19.3 Å². The predicted octanol–water partition coefficient (Wildman–Crippen LogP) is 6.73. The van der Waals surface area contributed by atoms with Crippen LogP contribution in [0.3, 0.4) is 0 Å². The van der Waals surface area contributed by atoms with Crippen LogP contribution in [0.2, 0.25) is 5.02 Å². The van der Waals surface area contributed by atoms with Crippen molar-refractivity contribution in [3.8, 4) is 0 Å². The average Bonchev–Trinajstić information content (AvgIpc) is 1.22. The fourth-order valence-electron chi connectivity index (χ4n) is 13.6.